The number of aryl methyl sites for hydroxylation is 5. The molecule has 6 heteroatoms. The van der Waals surface area contributed by atoms with Crippen molar-refractivity contribution in [2.45, 2.75) is 38.5 Å². The van der Waals surface area contributed by atoms with Crippen molar-refractivity contribution in [3.05, 3.63) is 118 Å². The van der Waals surface area contributed by atoms with Gasteiger partial charge in [-0.25, -0.2) is 22.0 Å². The summed E-state index contributed by atoms with van der Waals surface area (Å²) in [7, 11) is 1.65. The van der Waals surface area contributed by atoms with Crippen LogP contribution in [0.3, 0.4) is 0 Å². The normalized spacial score (nSPS) is 11.4. The zero-order valence-corrected chi connectivity index (χ0v) is 20.0. The van der Waals surface area contributed by atoms with E-state index in [-0.39, 0.29) is 24.2 Å². The number of ether oxygens (including phenoxy) is 1. The van der Waals surface area contributed by atoms with Crippen LogP contribution in [0.15, 0.2) is 60.7 Å². The third-order valence-corrected chi connectivity index (χ3v) is 6.44. The minimum Gasteiger partial charge on any atom is -0.385 e. The highest BCUT2D eigenvalue weighted by atomic mass is 19.2. The Morgan fingerprint density at radius 1 is 0.556 bits per heavy atom. The first-order valence-electron chi connectivity index (χ1n) is 12.0. The predicted molar refractivity (Wildman–Crippen MR) is 132 cm³/mol. The Morgan fingerprint density at radius 3 is 1.89 bits per heavy atom. The molecule has 0 aliphatic rings. The summed E-state index contributed by atoms with van der Waals surface area (Å²) in [5.41, 5.74) is 3.22. The molecule has 36 heavy (non-hydrogen) atoms. The molecule has 0 unspecified atom stereocenters. The molecule has 0 heterocycles. The standard InChI is InChI=1S/C30H27F5O/c1-36-14-2-3-19-4-8-22(26(31)16-19)9-5-20-7-13-25-24(15-20)12-11-23(29(25)34)10-6-21-17-27(32)30(35)28(33)18-21/h4,7-8,11-13,15-18H,2-3,5-6,9-10,14H2,1H3. The second-order valence-electron chi connectivity index (χ2n) is 8.99. The van der Waals surface area contributed by atoms with Gasteiger partial charge in [0.05, 0.1) is 0 Å². The number of halogens is 5. The van der Waals surface area contributed by atoms with Crippen LogP contribution in [0.2, 0.25) is 0 Å². The van der Waals surface area contributed by atoms with Gasteiger partial charge in [-0.2, -0.15) is 0 Å². The summed E-state index contributed by atoms with van der Waals surface area (Å²) in [5, 5.41) is 1.17. The van der Waals surface area contributed by atoms with Crippen LogP contribution < -0.4 is 0 Å². The number of methoxy groups -OCH3 is 1. The summed E-state index contributed by atoms with van der Waals surface area (Å²) < 4.78 is 74.7. The van der Waals surface area contributed by atoms with Crippen molar-refractivity contribution in [1.29, 1.82) is 0 Å². The SMILES string of the molecule is COCCCc1ccc(CCc2ccc3c(F)c(CCc4cc(F)c(F)c(F)c4)ccc3c2)c(F)c1. The van der Waals surface area contributed by atoms with Crippen molar-refractivity contribution in [1.82, 2.24) is 0 Å². The lowest BCUT2D eigenvalue weighted by molar-refractivity contribution is 0.195. The quantitative estimate of drug-likeness (QED) is 0.124. The average Bonchev–Trinajstić information content (AvgIpc) is 2.86. The Bertz CT molecular complexity index is 1340. The van der Waals surface area contributed by atoms with E-state index in [4.69, 9.17) is 4.74 Å². The second kappa shape index (κ2) is 11.7. The molecule has 4 aromatic rings. The van der Waals surface area contributed by atoms with Gasteiger partial charge in [-0.3, -0.25) is 0 Å². The van der Waals surface area contributed by atoms with E-state index in [2.05, 4.69) is 0 Å². The van der Waals surface area contributed by atoms with Crippen LogP contribution in [0.5, 0.6) is 0 Å². The number of benzene rings is 4. The molecule has 0 fully saturated rings. The van der Waals surface area contributed by atoms with Gasteiger partial charge in [0, 0.05) is 19.1 Å². The van der Waals surface area contributed by atoms with Crippen molar-refractivity contribution in [2.24, 2.45) is 0 Å². The highest BCUT2D eigenvalue weighted by molar-refractivity contribution is 5.84. The monoisotopic (exact) mass is 498 g/mol. The smallest absolute Gasteiger partial charge is 0.194 e. The molecule has 1 nitrogen and oxygen atoms in total. The van der Waals surface area contributed by atoms with E-state index in [9.17, 15) is 17.6 Å². The first kappa shape index (κ1) is 25.8. The molecule has 0 atom stereocenters. The fourth-order valence-corrected chi connectivity index (χ4v) is 4.42. The molecule has 0 amide bonds. The minimum atomic E-state index is -1.51. The lowest BCUT2D eigenvalue weighted by Gasteiger charge is -2.10. The molecule has 0 bridgehead atoms. The molecule has 4 rings (SSSR count). The molecule has 0 N–H and O–H groups in total. The number of hydrogen-bond donors (Lipinski definition) is 0. The van der Waals surface area contributed by atoms with Gasteiger partial charge in [-0.1, -0.05) is 42.5 Å². The lowest BCUT2D eigenvalue weighted by Crippen LogP contribution is -2.00. The van der Waals surface area contributed by atoms with Crippen LogP contribution in [-0.4, -0.2) is 13.7 Å². The summed E-state index contributed by atoms with van der Waals surface area (Å²) >= 11 is 0. The van der Waals surface area contributed by atoms with Crippen LogP contribution in [0.4, 0.5) is 22.0 Å². The molecule has 0 aliphatic heterocycles. The zero-order chi connectivity index (χ0) is 25.7. The molecule has 0 aromatic heterocycles. The maximum atomic E-state index is 15.1. The topological polar surface area (TPSA) is 9.23 Å². The van der Waals surface area contributed by atoms with Gasteiger partial charge >= 0.3 is 0 Å². The van der Waals surface area contributed by atoms with E-state index in [1.54, 1.807) is 31.4 Å². The summed E-state index contributed by atoms with van der Waals surface area (Å²) in [5.74, 6) is -4.63. The van der Waals surface area contributed by atoms with Gasteiger partial charge < -0.3 is 4.74 Å². The number of rotatable bonds is 10. The van der Waals surface area contributed by atoms with Crippen LogP contribution in [0, 0.1) is 29.1 Å². The van der Waals surface area contributed by atoms with Crippen LogP contribution in [-0.2, 0) is 36.8 Å². The molecule has 4 aromatic carbocycles. The number of hydrogen-bond acceptors (Lipinski definition) is 1. The van der Waals surface area contributed by atoms with E-state index >= 15 is 4.39 Å². The predicted octanol–water partition coefficient (Wildman–Crippen LogP) is 7.68. The highest BCUT2D eigenvalue weighted by Crippen LogP contribution is 2.25. The van der Waals surface area contributed by atoms with E-state index in [0.717, 1.165) is 41.5 Å². The van der Waals surface area contributed by atoms with E-state index < -0.39 is 23.3 Å². The Hall–Kier alpha value is -3.25. The van der Waals surface area contributed by atoms with Crippen molar-refractivity contribution in [3.63, 3.8) is 0 Å². The van der Waals surface area contributed by atoms with Gasteiger partial charge in [0.1, 0.15) is 11.6 Å². The molecule has 0 aliphatic carbocycles. The summed E-state index contributed by atoms with van der Waals surface area (Å²) in [4.78, 5) is 0. The minimum absolute atomic E-state index is 0.172. The van der Waals surface area contributed by atoms with Gasteiger partial charge in [0.15, 0.2) is 17.5 Å². The lowest BCUT2D eigenvalue weighted by atomic mass is 9.97. The fraction of sp³-hybridized carbons (Fsp3) is 0.267. The van der Waals surface area contributed by atoms with Crippen molar-refractivity contribution in [2.75, 3.05) is 13.7 Å². The van der Waals surface area contributed by atoms with Crippen LogP contribution in [0.1, 0.15) is 34.2 Å². The van der Waals surface area contributed by atoms with Crippen LogP contribution in [0.25, 0.3) is 10.8 Å². The molecule has 0 saturated heterocycles. The Kier molecular flexibility index (Phi) is 8.36. The summed E-state index contributed by atoms with van der Waals surface area (Å²) in [6, 6.07) is 16.1. The Morgan fingerprint density at radius 2 is 1.17 bits per heavy atom. The van der Waals surface area contributed by atoms with Crippen molar-refractivity contribution < 1.29 is 26.7 Å². The van der Waals surface area contributed by atoms with Gasteiger partial charge in [-0.15, -0.1) is 0 Å². The molecular weight excluding hydrogens is 471 g/mol. The first-order chi connectivity index (χ1) is 17.4. The molecule has 0 saturated carbocycles. The highest BCUT2D eigenvalue weighted by Gasteiger charge is 2.13. The van der Waals surface area contributed by atoms with Gasteiger partial charge in [0.25, 0.3) is 0 Å². The largest absolute Gasteiger partial charge is 0.385 e. The maximum Gasteiger partial charge on any atom is 0.194 e. The van der Waals surface area contributed by atoms with E-state index in [1.807, 2.05) is 24.3 Å². The molecule has 0 spiro atoms. The summed E-state index contributed by atoms with van der Waals surface area (Å²) in [6.07, 6.45) is 3.14. The van der Waals surface area contributed by atoms with Crippen LogP contribution >= 0.6 is 0 Å². The Balaban J connectivity index is 1.42. The zero-order valence-electron chi connectivity index (χ0n) is 20.0. The summed E-state index contributed by atoms with van der Waals surface area (Å²) in [6.45, 7) is 0.641. The fourth-order valence-electron chi connectivity index (χ4n) is 4.42. The maximum absolute atomic E-state index is 15.1. The third kappa shape index (κ3) is 6.11. The molecule has 0 radical (unpaired) electrons. The van der Waals surface area contributed by atoms with Crippen molar-refractivity contribution in [3.8, 4) is 0 Å². The third-order valence-electron chi connectivity index (χ3n) is 6.44. The average molecular weight is 499 g/mol. The Labute approximate surface area is 207 Å². The molecular formula is C30H27F5O. The van der Waals surface area contributed by atoms with Crippen molar-refractivity contribution >= 4 is 10.8 Å². The van der Waals surface area contributed by atoms with E-state index in [1.165, 1.54) is 0 Å². The second-order valence-corrected chi connectivity index (χ2v) is 8.99. The molecule has 188 valence electrons. The first-order valence-corrected chi connectivity index (χ1v) is 12.0. The van der Waals surface area contributed by atoms with E-state index in [0.29, 0.717) is 36.0 Å². The number of fused-ring (bicyclic) bond motifs is 1. The van der Waals surface area contributed by atoms with Gasteiger partial charge in [-0.05, 0) is 89.9 Å². The van der Waals surface area contributed by atoms with Gasteiger partial charge in [0.2, 0.25) is 0 Å².